The molecule has 5 nitrogen and oxygen atoms in total. The minimum absolute atomic E-state index is 0.262. The van der Waals surface area contributed by atoms with Crippen LogP contribution >= 0.6 is 15.9 Å². The van der Waals surface area contributed by atoms with Crippen molar-refractivity contribution >= 4 is 21.8 Å². The Hall–Kier alpha value is -2.21. The summed E-state index contributed by atoms with van der Waals surface area (Å²) < 4.78 is 16.1. The largest absolute Gasteiger partial charge is 0.497 e. The van der Waals surface area contributed by atoms with Crippen molar-refractivity contribution < 1.29 is 13.7 Å². The van der Waals surface area contributed by atoms with E-state index >= 15 is 0 Å². The van der Waals surface area contributed by atoms with E-state index in [-0.39, 0.29) is 5.88 Å². The lowest BCUT2D eigenvalue weighted by Crippen LogP contribution is -1.88. The quantitative estimate of drug-likeness (QED) is 0.784. The monoisotopic (exact) mass is 334 g/mol. The number of methoxy groups -OCH3 is 1. The van der Waals surface area contributed by atoms with E-state index in [1.54, 1.807) is 19.4 Å². The molecular formula is C14H11BrN2O3. The average Bonchev–Trinajstić information content (AvgIpc) is 3.05. The maximum absolute atomic E-state index is 5.89. The molecule has 20 heavy (non-hydrogen) atoms. The third-order valence-electron chi connectivity index (χ3n) is 2.97. The Labute approximate surface area is 123 Å². The summed E-state index contributed by atoms with van der Waals surface area (Å²) in [5, 5.41) is 4.02. The number of nitrogen functional groups attached to an aromatic ring is 1. The van der Waals surface area contributed by atoms with Crippen molar-refractivity contribution in [3.63, 3.8) is 0 Å². The summed E-state index contributed by atoms with van der Waals surface area (Å²) in [6.45, 7) is 0. The normalized spacial score (nSPS) is 10.7. The van der Waals surface area contributed by atoms with Crippen LogP contribution < -0.4 is 10.5 Å². The number of anilines is 1. The molecule has 0 bridgehead atoms. The molecule has 0 amide bonds. The zero-order valence-electron chi connectivity index (χ0n) is 10.6. The third-order valence-corrected chi connectivity index (χ3v) is 3.58. The highest BCUT2D eigenvalue weighted by Crippen LogP contribution is 2.39. The van der Waals surface area contributed by atoms with E-state index in [9.17, 15) is 0 Å². The van der Waals surface area contributed by atoms with Gasteiger partial charge in [0.25, 0.3) is 0 Å². The lowest BCUT2D eigenvalue weighted by Gasteiger charge is -2.03. The Balaban J connectivity index is 2.13. The molecule has 0 aliphatic heterocycles. The van der Waals surface area contributed by atoms with Crippen LogP contribution in [-0.4, -0.2) is 12.3 Å². The highest BCUT2D eigenvalue weighted by atomic mass is 79.9. The van der Waals surface area contributed by atoms with Gasteiger partial charge in [0, 0.05) is 0 Å². The summed E-state index contributed by atoms with van der Waals surface area (Å²) in [7, 11) is 1.62. The molecule has 0 aliphatic rings. The zero-order valence-corrected chi connectivity index (χ0v) is 12.2. The van der Waals surface area contributed by atoms with Crippen LogP contribution in [0.1, 0.15) is 0 Å². The number of nitrogens with two attached hydrogens (primary N) is 1. The molecule has 0 fully saturated rings. The predicted octanol–water partition coefficient (Wildman–Crippen LogP) is 3.95. The number of furan rings is 1. The molecule has 0 unspecified atom stereocenters. The topological polar surface area (TPSA) is 74.4 Å². The number of hydrogen-bond acceptors (Lipinski definition) is 5. The maximum Gasteiger partial charge on any atom is 0.230 e. The average molecular weight is 335 g/mol. The van der Waals surface area contributed by atoms with Gasteiger partial charge in [-0.3, -0.25) is 0 Å². The van der Waals surface area contributed by atoms with Gasteiger partial charge < -0.3 is 19.4 Å². The molecule has 0 atom stereocenters. The van der Waals surface area contributed by atoms with Crippen LogP contribution in [-0.2, 0) is 0 Å². The highest BCUT2D eigenvalue weighted by molar-refractivity contribution is 9.10. The number of rotatable bonds is 3. The molecule has 2 N–H and O–H groups in total. The van der Waals surface area contributed by atoms with Crippen molar-refractivity contribution in [3.05, 3.63) is 41.3 Å². The van der Waals surface area contributed by atoms with E-state index in [0.717, 1.165) is 22.4 Å². The van der Waals surface area contributed by atoms with Gasteiger partial charge >= 0.3 is 0 Å². The van der Waals surface area contributed by atoms with Crippen LogP contribution in [0.3, 0.4) is 0 Å². The zero-order chi connectivity index (χ0) is 14.1. The Morgan fingerprint density at radius 1 is 1.20 bits per heavy atom. The van der Waals surface area contributed by atoms with Gasteiger partial charge in [-0.05, 0) is 39.7 Å². The van der Waals surface area contributed by atoms with Gasteiger partial charge in [0.1, 0.15) is 11.4 Å². The van der Waals surface area contributed by atoms with Crippen molar-refractivity contribution in [1.82, 2.24) is 5.16 Å². The van der Waals surface area contributed by atoms with Crippen molar-refractivity contribution in [2.24, 2.45) is 0 Å². The summed E-state index contributed by atoms with van der Waals surface area (Å²) in [6, 6.07) is 9.32. The van der Waals surface area contributed by atoms with Crippen LogP contribution in [0.15, 0.2) is 50.2 Å². The first-order valence-electron chi connectivity index (χ1n) is 5.83. The van der Waals surface area contributed by atoms with Gasteiger partial charge in [0.15, 0.2) is 4.67 Å². The lowest BCUT2D eigenvalue weighted by atomic mass is 10.0. The molecule has 2 heterocycles. The molecule has 0 saturated heterocycles. The van der Waals surface area contributed by atoms with Crippen LogP contribution in [0.2, 0.25) is 0 Å². The van der Waals surface area contributed by atoms with Crippen LogP contribution in [0.25, 0.3) is 22.4 Å². The first-order chi connectivity index (χ1) is 9.70. The number of ether oxygens (including phenoxy) is 1. The smallest absolute Gasteiger partial charge is 0.230 e. The highest BCUT2D eigenvalue weighted by Gasteiger charge is 2.20. The van der Waals surface area contributed by atoms with E-state index < -0.39 is 0 Å². The third kappa shape index (κ3) is 2.08. The van der Waals surface area contributed by atoms with Gasteiger partial charge in [0.05, 0.1) is 24.5 Å². The molecule has 0 saturated carbocycles. The molecule has 0 aliphatic carbocycles. The van der Waals surface area contributed by atoms with Crippen molar-refractivity contribution in [1.29, 1.82) is 0 Å². The molecule has 0 radical (unpaired) electrons. The molecule has 2 aromatic heterocycles. The summed E-state index contributed by atoms with van der Waals surface area (Å²) in [4.78, 5) is 0. The van der Waals surface area contributed by atoms with E-state index in [2.05, 4.69) is 21.1 Å². The Bertz CT molecular complexity index is 731. The number of aromatic nitrogens is 1. The van der Waals surface area contributed by atoms with Crippen LogP contribution in [0.4, 0.5) is 5.88 Å². The van der Waals surface area contributed by atoms with Gasteiger partial charge in [-0.2, -0.15) is 0 Å². The van der Waals surface area contributed by atoms with E-state index in [0.29, 0.717) is 10.4 Å². The Morgan fingerprint density at radius 3 is 2.55 bits per heavy atom. The van der Waals surface area contributed by atoms with Gasteiger partial charge in [-0.1, -0.05) is 17.3 Å². The molecule has 102 valence electrons. The lowest BCUT2D eigenvalue weighted by molar-refractivity contribution is 0.415. The number of benzene rings is 1. The summed E-state index contributed by atoms with van der Waals surface area (Å²) in [5.74, 6) is 1.04. The first-order valence-corrected chi connectivity index (χ1v) is 6.63. The van der Waals surface area contributed by atoms with Gasteiger partial charge in [-0.15, -0.1) is 0 Å². The van der Waals surface area contributed by atoms with Crippen molar-refractivity contribution in [2.75, 3.05) is 12.8 Å². The Kier molecular flexibility index (Phi) is 3.23. The fourth-order valence-corrected chi connectivity index (χ4v) is 2.41. The van der Waals surface area contributed by atoms with Gasteiger partial charge in [-0.25, -0.2) is 0 Å². The minimum Gasteiger partial charge on any atom is -0.497 e. The Morgan fingerprint density at radius 2 is 1.95 bits per heavy atom. The molecule has 3 aromatic rings. The molecular weight excluding hydrogens is 324 g/mol. The second-order valence-corrected chi connectivity index (χ2v) is 4.83. The van der Waals surface area contributed by atoms with Crippen LogP contribution in [0, 0.1) is 0 Å². The molecule has 0 spiro atoms. The maximum atomic E-state index is 5.89. The fourth-order valence-electron chi connectivity index (χ4n) is 1.99. The van der Waals surface area contributed by atoms with E-state index in [4.69, 9.17) is 19.4 Å². The second-order valence-electron chi connectivity index (χ2n) is 4.11. The first kappa shape index (κ1) is 12.8. The van der Waals surface area contributed by atoms with E-state index in [1.807, 2.05) is 24.3 Å². The van der Waals surface area contributed by atoms with Crippen molar-refractivity contribution in [3.8, 4) is 28.1 Å². The predicted molar refractivity (Wildman–Crippen MR) is 78.3 cm³/mol. The number of nitrogens with zero attached hydrogens (tertiary/aromatic N) is 1. The van der Waals surface area contributed by atoms with E-state index in [1.165, 1.54) is 0 Å². The SMILES string of the molecule is COc1ccc(-c2c(-c3ccoc3Br)noc2N)cc1. The molecule has 3 rings (SSSR count). The minimum atomic E-state index is 0.262. The van der Waals surface area contributed by atoms with Crippen LogP contribution in [0.5, 0.6) is 5.75 Å². The van der Waals surface area contributed by atoms with Crippen molar-refractivity contribution in [2.45, 2.75) is 0 Å². The van der Waals surface area contributed by atoms with Gasteiger partial charge in [0.2, 0.25) is 5.88 Å². The summed E-state index contributed by atoms with van der Waals surface area (Å²) in [6.07, 6.45) is 1.57. The standard InChI is InChI=1S/C14H11BrN2O3/c1-18-9-4-2-8(3-5-9)11-12(17-20-14(11)16)10-6-7-19-13(10)15/h2-7H,16H2,1H3. The second kappa shape index (κ2) is 5.05. The molecule has 6 heteroatoms. The summed E-state index contributed by atoms with van der Waals surface area (Å²) >= 11 is 3.33. The fraction of sp³-hybridized carbons (Fsp3) is 0.0714. The number of halogens is 1. The molecule has 1 aromatic carbocycles. The number of hydrogen-bond donors (Lipinski definition) is 1. The summed E-state index contributed by atoms with van der Waals surface area (Å²) in [5.41, 5.74) is 8.94.